The molecule has 0 saturated heterocycles. The van der Waals surface area contributed by atoms with Crippen LogP contribution in [0, 0.1) is 0 Å². The van der Waals surface area contributed by atoms with E-state index in [2.05, 4.69) is 23.2 Å². The molecule has 3 aromatic rings. The van der Waals surface area contributed by atoms with Crippen molar-refractivity contribution >= 4 is 22.5 Å². The molecule has 2 nitrogen and oxygen atoms in total. The number of hydrogen-bond donors (Lipinski definition) is 1. The van der Waals surface area contributed by atoms with Crippen molar-refractivity contribution in [2.75, 3.05) is 0 Å². The van der Waals surface area contributed by atoms with Gasteiger partial charge in [0, 0.05) is 17.0 Å². The van der Waals surface area contributed by atoms with Crippen molar-refractivity contribution in [3.8, 4) is 11.1 Å². The third-order valence-electron chi connectivity index (χ3n) is 3.13. The average molecular weight is 269 g/mol. The summed E-state index contributed by atoms with van der Waals surface area (Å²) in [5, 5.41) is 1.86. The first-order valence-corrected chi connectivity index (χ1v) is 6.50. The van der Waals surface area contributed by atoms with E-state index in [4.69, 9.17) is 17.3 Å². The molecule has 0 aliphatic rings. The standard InChI is InChI=1S/C16H13ClN2/c17-14-5-1-11(2-6-14)12-4-8-16-13(9-12)3-7-15(10-18)19-16/h1-9H,10,18H2. The summed E-state index contributed by atoms with van der Waals surface area (Å²) in [6.07, 6.45) is 0. The van der Waals surface area contributed by atoms with Gasteiger partial charge in [-0.1, -0.05) is 35.9 Å². The van der Waals surface area contributed by atoms with E-state index in [0.29, 0.717) is 6.54 Å². The maximum Gasteiger partial charge on any atom is 0.0706 e. The summed E-state index contributed by atoms with van der Waals surface area (Å²) < 4.78 is 0. The van der Waals surface area contributed by atoms with Gasteiger partial charge in [-0.05, 0) is 41.5 Å². The molecule has 2 N–H and O–H groups in total. The van der Waals surface area contributed by atoms with Gasteiger partial charge in [-0.3, -0.25) is 4.98 Å². The first-order chi connectivity index (χ1) is 9.26. The fraction of sp³-hybridized carbons (Fsp3) is 0.0625. The molecule has 0 aliphatic heterocycles. The Bertz CT molecular complexity index is 720. The number of nitrogens with zero attached hydrogens (tertiary/aromatic N) is 1. The molecule has 0 aliphatic carbocycles. The predicted molar refractivity (Wildman–Crippen MR) is 80.1 cm³/mol. The van der Waals surface area contributed by atoms with E-state index in [-0.39, 0.29) is 0 Å². The predicted octanol–water partition coefficient (Wildman–Crippen LogP) is 4.01. The van der Waals surface area contributed by atoms with Crippen LogP contribution >= 0.6 is 11.6 Å². The zero-order valence-electron chi connectivity index (χ0n) is 10.3. The van der Waals surface area contributed by atoms with Crippen molar-refractivity contribution < 1.29 is 0 Å². The molecule has 3 rings (SSSR count). The molecule has 0 radical (unpaired) electrons. The third kappa shape index (κ3) is 2.46. The van der Waals surface area contributed by atoms with Gasteiger partial charge < -0.3 is 5.73 Å². The Morgan fingerprint density at radius 1 is 0.895 bits per heavy atom. The smallest absolute Gasteiger partial charge is 0.0706 e. The summed E-state index contributed by atoms with van der Waals surface area (Å²) in [7, 11) is 0. The number of halogens is 1. The van der Waals surface area contributed by atoms with Crippen LogP contribution in [-0.4, -0.2) is 4.98 Å². The SMILES string of the molecule is NCc1ccc2cc(-c3ccc(Cl)cc3)ccc2n1. The highest BCUT2D eigenvalue weighted by Crippen LogP contribution is 2.25. The van der Waals surface area contributed by atoms with Gasteiger partial charge in [0.1, 0.15) is 0 Å². The Morgan fingerprint density at radius 3 is 2.37 bits per heavy atom. The third-order valence-corrected chi connectivity index (χ3v) is 3.39. The summed E-state index contributed by atoms with van der Waals surface area (Å²) >= 11 is 5.91. The van der Waals surface area contributed by atoms with Gasteiger partial charge in [0.05, 0.1) is 11.2 Å². The summed E-state index contributed by atoms with van der Waals surface area (Å²) in [5.74, 6) is 0. The number of aromatic nitrogens is 1. The van der Waals surface area contributed by atoms with E-state index < -0.39 is 0 Å². The lowest BCUT2D eigenvalue weighted by molar-refractivity contribution is 1.01. The number of benzene rings is 2. The second-order valence-corrected chi connectivity index (χ2v) is 4.86. The first-order valence-electron chi connectivity index (χ1n) is 6.12. The van der Waals surface area contributed by atoms with E-state index >= 15 is 0 Å². The molecule has 2 aromatic carbocycles. The van der Waals surface area contributed by atoms with Crippen molar-refractivity contribution in [1.29, 1.82) is 0 Å². The van der Waals surface area contributed by atoms with Crippen molar-refractivity contribution in [1.82, 2.24) is 4.98 Å². The van der Waals surface area contributed by atoms with E-state index in [0.717, 1.165) is 32.7 Å². The topological polar surface area (TPSA) is 38.9 Å². The van der Waals surface area contributed by atoms with Crippen LogP contribution in [0.4, 0.5) is 0 Å². The molecular weight excluding hydrogens is 256 g/mol. The molecule has 19 heavy (non-hydrogen) atoms. The highest BCUT2D eigenvalue weighted by molar-refractivity contribution is 6.30. The van der Waals surface area contributed by atoms with Gasteiger partial charge in [0.15, 0.2) is 0 Å². The molecule has 0 amide bonds. The van der Waals surface area contributed by atoms with Gasteiger partial charge in [-0.25, -0.2) is 0 Å². The van der Waals surface area contributed by atoms with Crippen LogP contribution in [0.2, 0.25) is 5.02 Å². The molecule has 0 atom stereocenters. The molecule has 0 spiro atoms. The van der Waals surface area contributed by atoms with Crippen LogP contribution < -0.4 is 5.73 Å². The fourth-order valence-corrected chi connectivity index (χ4v) is 2.23. The highest BCUT2D eigenvalue weighted by Gasteiger charge is 2.01. The fourth-order valence-electron chi connectivity index (χ4n) is 2.10. The van der Waals surface area contributed by atoms with Crippen molar-refractivity contribution in [2.24, 2.45) is 5.73 Å². The molecule has 1 heterocycles. The Hall–Kier alpha value is -1.90. The number of pyridine rings is 1. The molecule has 0 saturated carbocycles. The van der Waals surface area contributed by atoms with Gasteiger partial charge >= 0.3 is 0 Å². The van der Waals surface area contributed by atoms with E-state index in [9.17, 15) is 0 Å². The summed E-state index contributed by atoms with van der Waals surface area (Å²) in [5.41, 5.74) is 9.79. The molecule has 0 bridgehead atoms. The Labute approximate surface area is 116 Å². The van der Waals surface area contributed by atoms with Crippen molar-refractivity contribution in [3.63, 3.8) is 0 Å². The maximum absolute atomic E-state index is 5.91. The van der Waals surface area contributed by atoms with Gasteiger partial charge in [0.25, 0.3) is 0 Å². The van der Waals surface area contributed by atoms with Crippen LogP contribution in [0.3, 0.4) is 0 Å². The highest BCUT2D eigenvalue weighted by atomic mass is 35.5. The number of fused-ring (bicyclic) bond motifs is 1. The number of hydrogen-bond acceptors (Lipinski definition) is 2. The molecule has 3 heteroatoms. The molecule has 0 unspecified atom stereocenters. The van der Waals surface area contributed by atoms with E-state index in [1.165, 1.54) is 0 Å². The maximum atomic E-state index is 5.91. The van der Waals surface area contributed by atoms with Gasteiger partial charge in [0.2, 0.25) is 0 Å². The minimum absolute atomic E-state index is 0.467. The van der Waals surface area contributed by atoms with Gasteiger partial charge in [-0.2, -0.15) is 0 Å². The van der Waals surface area contributed by atoms with Crippen LogP contribution in [0.15, 0.2) is 54.6 Å². The largest absolute Gasteiger partial charge is 0.325 e. The summed E-state index contributed by atoms with van der Waals surface area (Å²) in [6, 6.07) is 18.1. The molecule has 1 aromatic heterocycles. The van der Waals surface area contributed by atoms with Crippen LogP contribution in [0.1, 0.15) is 5.69 Å². The Morgan fingerprint density at radius 2 is 1.63 bits per heavy atom. The summed E-state index contributed by atoms with van der Waals surface area (Å²) in [6.45, 7) is 0.467. The average Bonchev–Trinajstić information content (AvgIpc) is 2.47. The van der Waals surface area contributed by atoms with Crippen LogP contribution in [0.25, 0.3) is 22.0 Å². The minimum Gasteiger partial charge on any atom is -0.325 e. The van der Waals surface area contributed by atoms with Crippen molar-refractivity contribution in [3.05, 3.63) is 65.3 Å². The van der Waals surface area contributed by atoms with E-state index in [1.807, 2.05) is 36.4 Å². The Balaban J connectivity index is 2.08. The zero-order valence-corrected chi connectivity index (χ0v) is 11.1. The van der Waals surface area contributed by atoms with E-state index in [1.54, 1.807) is 0 Å². The normalized spacial score (nSPS) is 10.8. The molecule has 94 valence electrons. The lowest BCUT2D eigenvalue weighted by atomic mass is 10.0. The minimum atomic E-state index is 0.467. The second-order valence-electron chi connectivity index (χ2n) is 4.42. The summed E-state index contributed by atoms with van der Waals surface area (Å²) in [4.78, 5) is 4.50. The Kier molecular flexibility index (Phi) is 3.20. The lowest BCUT2D eigenvalue weighted by Crippen LogP contribution is -1.98. The number of nitrogens with two attached hydrogens (primary N) is 1. The quantitative estimate of drug-likeness (QED) is 0.763. The molecular formula is C16H13ClN2. The lowest BCUT2D eigenvalue weighted by Gasteiger charge is -2.05. The first kappa shape index (κ1) is 12.2. The van der Waals surface area contributed by atoms with Crippen LogP contribution in [0.5, 0.6) is 0 Å². The molecule has 0 fully saturated rings. The van der Waals surface area contributed by atoms with Crippen molar-refractivity contribution in [2.45, 2.75) is 6.54 Å². The van der Waals surface area contributed by atoms with Crippen LogP contribution in [-0.2, 0) is 6.54 Å². The number of rotatable bonds is 2. The monoisotopic (exact) mass is 268 g/mol. The van der Waals surface area contributed by atoms with Gasteiger partial charge in [-0.15, -0.1) is 0 Å². The second kappa shape index (κ2) is 5.00. The zero-order chi connectivity index (χ0) is 13.2.